The van der Waals surface area contributed by atoms with Gasteiger partial charge in [-0.25, -0.2) is 9.97 Å². The topological polar surface area (TPSA) is 105 Å². The van der Waals surface area contributed by atoms with Gasteiger partial charge in [-0.3, -0.25) is 9.59 Å². The number of benzene rings is 2. The SMILES string of the molecule is COc1cccc([C@@H](C)NC(=O)[C@@H]([C@H](C)O)N2Cc3ccc(-c4nc(Cl)ncc4Cl)cc3C2=O)c1. The van der Waals surface area contributed by atoms with Gasteiger partial charge in [0.1, 0.15) is 11.8 Å². The third-order valence-electron chi connectivity index (χ3n) is 5.94. The lowest BCUT2D eigenvalue weighted by atomic mass is 10.0. The number of aromatic nitrogens is 2. The summed E-state index contributed by atoms with van der Waals surface area (Å²) in [7, 11) is 1.57. The molecule has 182 valence electrons. The van der Waals surface area contributed by atoms with E-state index in [-0.39, 0.29) is 23.8 Å². The van der Waals surface area contributed by atoms with Crippen LogP contribution in [0, 0.1) is 0 Å². The van der Waals surface area contributed by atoms with E-state index in [4.69, 9.17) is 27.9 Å². The predicted octanol–water partition coefficient (Wildman–Crippen LogP) is 4.04. The molecular formula is C25H24Cl2N4O4. The third kappa shape index (κ3) is 5.10. The Morgan fingerprint density at radius 3 is 2.69 bits per heavy atom. The maximum absolute atomic E-state index is 13.3. The van der Waals surface area contributed by atoms with E-state index in [0.29, 0.717) is 27.6 Å². The molecule has 2 heterocycles. The first kappa shape index (κ1) is 24.9. The van der Waals surface area contributed by atoms with Gasteiger partial charge in [-0.2, -0.15) is 0 Å². The Balaban J connectivity index is 1.57. The second-order valence-corrected chi connectivity index (χ2v) is 9.08. The zero-order valence-corrected chi connectivity index (χ0v) is 20.8. The molecule has 0 radical (unpaired) electrons. The van der Waals surface area contributed by atoms with Crippen LogP contribution in [0.15, 0.2) is 48.7 Å². The Kier molecular flexibility index (Phi) is 7.25. The summed E-state index contributed by atoms with van der Waals surface area (Å²) < 4.78 is 5.25. The monoisotopic (exact) mass is 514 g/mol. The molecule has 0 fully saturated rings. The highest BCUT2D eigenvalue weighted by Crippen LogP contribution is 2.33. The standard InChI is InChI=1S/C25H24Cl2N4O4/c1-13(15-5-4-6-18(9-15)35-3)29-23(33)22(14(2)32)31-12-17-8-7-16(10-19(17)24(31)34)21-20(26)11-28-25(27)30-21/h4-11,13-14,22,32H,12H2,1-3H3,(H,29,33)/t13-,14+,22-/m1/s1. The van der Waals surface area contributed by atoms with E-state index >= 15 is 0 Å². The molecule has 1 aromatic heterocycles. The van der Waals surface area contributed by atoms with E-state index in [1.165, 1.54) is 18.0 Å². The lowest BCUT2D eigenvalue weighted by molar-refractivity contribution is -0.129. The molecule has 8 nitrogen and oxygen atoms in total. The number of hydrogen-bond acceptors (Lipinski definition) is 6. The van der Waals surface area contributed by atoms with Crippen LogP contribution in [0.25, 0.3) is 11.3 Å². The van der Waals surface area contributed by atoms with Crippen molar-refractivity contribution in [1.82, 2.24) is 20.2 Å². The Bertz CT molecular complexity index is 1280. The van der Waals surface area contributed by atoms with Gasteiger partial charge in [0.2, 0.25) is 11.2 Å². The number of aliphatic hydroxyl groups excluding tert-OH is 1. The van der Waals surface area contributed by atoms with Crippen molar-refractivity contribution in [3.8, 4) is 17.0 Å². The number of ether oxygens (including phenoxy) is 1. The smallest absolute Gasteiger partial charge is 0.255 e. The van der Waals surface area contributed by atoms with E-state index in [0.717, 1.165) is 11.1 Å². The molecule has 10 heteroatoms. The second kappa shape index (κ2) is 10.2. The molecule has 0 spiro atoms. The Labute approximate surface area is 212 Å². The number of fused-ring (bicyclic) bond motifs is 1. The van der Waals surface area contributed by atoms with E-state index in [1.54, 1.807) is 25.3 Å². The van der Waals surface area contributed by atoms with Crippen LogP contribution in [0.2, 0.25) is 10.3 Å². The average molecular weight is 515 g/mol. The van der Waals surface area contributed by atoms with Gasteiger partial charge >= 0.3 is 0 Å². The minimum atomic E-state index is -1.10. The first-order valence-corrected chi connectivity index (χ1v) is 11.7. The normalized spacial score (nSPS) is 15.4. The summed E-state index contributed by atoms with van der Waals surface area (Å²) in [5.74, 6) is -0.155. The molecule has 2 N–H and O–H groups in total. The number of nitrogens with zero attached hydrogens (tertiary/aromatic N) is 3. The fourth-order valence-corrected chi connectivity index (χ4v) is 4.49. The number of rotatable bonds is 7. The highest BCUT2D eigenvalue weighted by molar-refractivity contribution is 6.33. The van der Waals surface area contributed by atoms with Crippen LogP contribution in [0.5, 0.6) is 5.75 Å². The minimum Gasteiger partial charge on any atom is -0.497 e. The Hall–Kier alpha value is -3.20. The summed E-state index contributed by atoms with van der Waals surface area (Å²) in [6, 6.07) is 11.1. The van der Waals surface area contributed by atoms with Crippen molar-refractivity contribution in [2.75, 3.05) is 7.11 Å². The second-order valence-electron chi connectivity index (χ2n) is 8.33. The minimum absolute atomic E-state index is 0.0360. The number of carbonyl (C=O) groups is 2. The first-order chi connectivity index (χ1) is 16.7. The third-order valence-corrected chi connectivity index (χ3v) is 6.40. The molecule has 2 aromatic carbocycles. The van der Waals surface area contributed by atoms with Crippen molar-refractivity contribution < 1.29 is 19.4 Å². The number of nitrogens with one attached hydrogen (secondary N) is 1. The molecule has 0 unspecified atom stereocenters. The molecule has 3 aromatic rings. The first-order valence-electron chi connectivity index (χ1n) is 10.9. The predicted molar refractivity (Wildman–Crippen MR) is 132 cm³/mol. The lowest BCUT2D eigenvalue weighted by Crippen LogP contribution is -2.53. The number of methoxy groups -OCH3 is 1. The maximum Gasteiger partial charge on any atom is 0.255 e. The number of halogens is 2. The number of aliphatic hydroxyl groups is 1. The molecule has 1 aliphatic rings. The largest absolute Gasteiger partial charge is 0.497 e. The zero-order chi connectivity index (χ0) is 25.3. The molecule has 0 bridgehead atoms. The molecule has 4 rings (SSSR count). The van der Waals surface area contributed by atoms with Crippen molar-refractivity contribution in [3.05, 3.63) is 75.7 Å². The van der Waals surface area contributed by atoms with E-state index in [1.807, 2.05) is 31.2 Å². The molecule has 0 saturated carbocycles. The van der Waals surface area contributed by atoms with Crippen LogP contribution in [0.1, 0.15) is 41.4 Å². The highest BCUT2D eigenvalue weighted by atomic mass is 35.5. The maximum atomic E-state index is 13.3. The molecular weight excluding hydrogens is 491 g/mol. The quantitative estimate of drug-likeness (QED) is 0.461. The van der Waals surface area contributed by atoms with Crippen LogP contribution in [-0.4, -0.2) is 51.0 Å². The Morgan fingerprint density at radius 2 is 1.97 bits per heavy atom. The van der Waals surface area contributed by atoms with Gasteiger partial charge in [-0.1, -0.05) is 35.9 Å². The summed E-state index contributed by atoms with van der Waals surface area (Å²) in [6.07, 6.45) is 0.297. The Morgan fingerprint density at radius 1 is 1.20 bits per heavy atom. The van der Waals surface area contributed by atoms with Crippen molar-refractivity contribution >= 4 is 35.0 Å². The van der Waals surface area contributed by atoms with Gasteiger partial charge in [0.05, 0.1) is 36.2 Å². The lowest BCUT2D eigenvalue weighted by Gasteiger charge is -2.30. The van der Waals surface area contributed by atoms with Gasteiger partial charge in [-0.15, -0.1) is 0 Å². The van der Waals surface area contributed by atoms with Gasteiger partial charge in [0.25, 0.3) is 5.91 Å². The summed E-state index contributed by atoms with van der Waals surface area (Å²) >= 11 is 12.1. The molecule has 35 heavy (non-hydrogen) atoms. The van der Waals surface area contributed by atoms with Crippen molar-refractivity contribution in [2.24, 2.45) is 0 Å². The summed E-state index contributed by atoms with van der Waals surface area (Å²) in [4.78, 5) is 36.0. The summed E-state index contributed by atoms with van der Waals surface area (Å²) in [5.41, 5.74) is 2.97. The van der Waals surface area contributed by atoms with Gasteiger partial charge < -0.3 is 20.1 Å². The summed E-state index contributed by atoms with van der Waals surface area (Å²) in [6.45, 7) is 3.50. The van der Waals surface area contributed by atoms with Crippen LogP contribution in [0.3, 0.4) is 0 Å². The average Bonchev–Trinajstić information content (AvgIpc) is 3.15. The number of carbonyl (C=O) groups excluding carboxylic acids is 2. The van der Waals surface area contributed by atoms with Crippen LogP contribution < -0.4 is 10.1 Å². The van der Waals surface area contributed by atoms with E-state index < -0.39 is 18.1 Å². The van der Waals surface area contributed by atoms with Crippen molar-refractivity contribution in [3.63, 3.8) is 0 Å². The molecule has 1 aliphatic heterocycles. The van der Waals surface area contributed by atoms with Gasteiger partial charge in [-0.05, 0) is 54.8 Å². The van der Waals surface area contributed by atoms with Crippen LogP contribution in [-0.2, 0) is 11.3 Å². The molecule has 0 aliphatic carbocycles. The van der Waals surface area contributed by atoms with Gasteiger partial charge in [0.15, 0.2) is 0 Å². The number of hydrogen-bond donors (Lipinski definition) is 2. The molecule has 2 amide bonds. The summed E-state index contributed by atoms with van der Waals surface area (Å²) in [5, 5.41) is 13.7. The van der Waals surface area contributed by atoms with E-state index in [9.17, 15) is 14.7 Å². The van der Waals surface area contributed by atoms with Crippen LogP contribution >= 0.6 is 23.2 Å². The molecule has 3 atom stereocenters. The molecule has 0 saturated heterocycles. The van der Waals surface area contributed by atoms with E-state index in [2.05, 4.69) is 15.3 Å². The fourth-order valence-electron chi connectivity index (χ4n) is 4.16. The zero-order valence-electron chi connectivity index (χ0n) is 19.3. The van der Waals surface area contributed by atoms with Crippen LogP contribution in [0.4, 0.5) is 0 Å². The van der Waals surface area contributed by atoms with Crippen molar-refractivity contribution in [2.45, 2.75) is 38.6 Å². The number of amides is 2. The fraction of sp³-hybridized carbons (Fsp3) is 0.280. The van der Waals surface area contributed by atoms with Crippen molar-refractivity contribution in [1.29, 1.82) is 0 Å². The van der Waals surface area contributed by atoms with Gasteiger partial charge in [0, 0.05) is 17.7 Å². The highest BCUT2D eigenvalue weighted by Gasteiger charge is 2.39.